The third-order valence-electron chi connectivity index (χ3n) is 4.24. The normalized spacial score (nSPS) is 14.7. The van der Waals surface area contributed by atoms with Crippen LogP contribution in [-0.4, -0.2) is 60.9 Å². The second-order valence-corrected chi connectivity index (χ2v) is 5.59. The fourth-order valence-electron chi connectivity index (χ4n) is 2.80. The number of halogens is 1. The summed E-state index contributed by atoms with van der Waals surface area (Å²) in [6.07, 6.45) is -0.0573. The molecule has 1 aliphatic heterocycles. The molecule has 2 rings (SSSR count). The van der Waals surface area contributed by atoms with Crippen molar-refractivity contribution in [1.29, 1.82) is 0 Å². The molecule has 1 aromatic rings. The summed E-state index contributed by atoms with van der Waals surface area (Å²) in [5, 5.41) is 0. The number of anilines is 1. The van der Waals surface area contributed by atoms with Crippen LogP contribution in [0, 0.1) is 5.82 Å². The molecule has 23 heavy (non-hydrogen) atoms. The second kappa shape index (κ2) is 7.94. The van der Waals surface area contributed by atoms with Crippen LogP contribution in [0.3, 0.4) is 0 Å². The van der Waals surface area contributed by atoms with E-state index < -0.39 is 0 Å². The molecule has 1 fully saturated rings. The Hall–Kier alpha value is -2.11. The van der Waals surface area contributed by atoms with Crippen LogP contribution in [0.4, 0.5) is 10.1 Å². The van der Waals surface area contributed by atoms with Crippen LogP contribution in [0.2, 0.25) is 0 Å². The highest BCUT2D eigenvalue weighted by Crippen LogP contribution is 2.17. The zero-order valence-corrected chi connectivity index (χ0v) is 13.8. The first kappa shape index (κ1) is 17.2. The summed E-state index contributed by atoms with van der Waals surface area (Å²) >= 11 is 0. The van der Waals surface area contributed by atoms with Gasteiger partial charge in [0.1, 0.15) is 12.2 Å². The average molecular weight is 321 g/mol. The summed E-state index contributed by atoms with van der Waals surface area (Å²) in [6.45, 7) is 7.62. The lowest BCUT2D eigenvalue weighted by molar-refractivity contribution is -0.140. The van der Waals surface area contributed by atoms with Crippen molar-refractivity contribution in [2.24, 2.45) is 0 Å². The van der Waals surface area contributed by atoms with E-state index in [9.17, 15) is 14.0 Å². The monoisotopic (exact) mass is 321 g/mol. The van der Waals surface area contributed by atoms with Gasteiger partial charge in [-0.1, -0.05) is 0 Å². The Bertz CT molecular complexity index is 535. The Kier molecular flexibility index (Phi) is 5.96. The maximum absolute atomic E-state index is 13.0. The van der Waals surface area contributed by atoms with Gasteiger partial charge in [-0.15, -0.1) is 0 Å². The van der Waals surface area contributed by atoms with Gasteiger partial charge in [-0.3, -0.25) is 9.59 Å². The number of amides is 2. The van der Waals surface area contributed by atoms with Gasteiger partial charge >= 0.3 is 0 Å². The van der Waals surface area contributed by atoms with Crippen LogP contribution in [0.5, 0.6) is 0 Å². The number of hydrogen-bond donors (Lipinski definition) is 0. The molecule has 6 heteroatoms. The van der Waals surface area contributed by atoms with Crippen molar-refractivity contribution in [1.82, 2.24) is 9.80 Å². The summed E-state index contributed by atoms with van der Waals surface area (Å²) in [7, 11) is 0. The molecule has 0 aromatic heterocycles. The average Bonchev–Trinajstić information content (AvgIpc) is 2.57. The molecule has 0 radical (unpaired) electrons. The minimum Gasteiger partial charge on any atom is -0.368 e. The van der Waals surface area contributed by atoms with E-state index in [1.54, 1.807) is 21.9 Å². The molecule has 1 aromatic carbocycles. The van der Waals surface area contributed by atoms with E-state index in [0.29, 0.717) is 39.3 Å². The molecule has 1 heterocycles. The van der Waals surface area contributed by atoms with Crippen molar-refractivity contribution in [3.8, 4) is 0 Å². The highest BCUT2D eigenvalue weighted by atomic mass is 19.1. The summed E-state index contributed by atoms with van der Waals surface area (Å²) < 4.78 is 13.0. The topological polar surface area (TPSA) is 43.9 Å². The Balaban J connectivity index is 1.85. The zero-order valence-electron chi connectivity index (χ0n) is 13.8. The molecule has 0 atom stereocenters. The minimum atomic E-state index is -0.252. The van der Waals surface area contributed by atoms with Crippen LogP contribution in [0.15, 0.2) is 24.3 Å². The van der Waals surface area contributed by atoms with Gasteiger partial charge in [-0.2, -0.15) is 0 Å². The number of nitrogens with zero attached hydrogens (tertiary/aromatic N) is 3. The first-order valence-corrected chi connectivity index (χ1v) is 8.11. The van der Waals surface area contributed by atoms with Crippen molar-refractivity contribution in [2.45, 2.75) is 20.3 Å². The van der Waals surface area contributed by atoms with Crippen LogP contribution < -0.4 is 4.90 Å². The molecule has 0 saturated carbocycles. The van der Waals surface area contributed by atoms with E-state index in [1.165, 1.54) is 12.1 Å². The van der Waals surface area contributed by atoms with Gasteiger partial charge in [0, 0.05) is 45.0 Å². The molecule has 5 nitrogen and oxygen atoms in total. The number of rotatable bonds is 5. The van der Waals surface area contributed by atoms with Gasteiger partial charge in [0.05, 0.1) is 0 Å². The van der Waals surface area contributed by atoms with Gasteiger partial charge in [0.2, 0.25) is 11.8 Å². The largest absolute Gasteiger partial charge is 0.368 e. The second-order valence-electron chi connectivity index (χ2n) is 5.59. The summed E-state index contributed by atoms with van der Waals surface area (Å²) in [4.78, 5) is 29.8. The Morgan fingerprint density at radius 2 is 1.61 bits per heavy atom. The van der Waals surface area contributed by atoms with E-state index in [4.69, 9.17) is 0 Å². The van der Waals surface area contributed by atoms with Crippen LogP contribution in [-0.2, 0) is 9.59 Å². The molecule has 0 unspecified atom stereocenters. The highest BCUT2D eigenvalue weighted by Gasteiger charge is 2.24. The molecule has 0 bridgehead atoms. The summed E-state index contributed by atoms with van der Waals surface area (Å²) in [6, 6.07) is 6.37. The van der Waals surface area contributed by atoms with Crippen LogP contribution in [0.1, 0.15) is 20.3 Å². The molecule has 1 saturated heterocycles. The Labute approximate surface area is 136 Å². The fourth-order valence-corrected chi connectivity index (χ4v) is 2.80. The van der Waals surface area contributed by atoms with Gasteiger partial charge in [-0.05, 0) is 38.1 Å². The smallest absolute Gasteiger partial charge is 0.232 e. The quantitative estimate of drug-likeness (QED) is 0.776. The number of benzene rings is 1. The first-order valence-electron chi connectivity index (χ1n) is 8.11. The molecule has 2 amide bonds. The van der Waals surface area contributed by atoms with Gasteiger partial charge < -0.3 is 14.7 Å². The van der Waals surface area contributed by atoms with E-state index in [2.05, 4.69) is 4.90 Å². The molecule has 126 valence electrons. The van der Waals surface area contributed by atoms with Crippen LogP contribution in [0.25, 0.3) is 0 Å². The first-order chi connectivity index (χ1) is 11.0. The third kappa shape index (κ3) is 4.43. The lowest BCUT2D eigenvalue weighted by Gasteiger charge is -2.36. The van der Waals surface area contributed by atoms with Gasteiger partial charge in [0.15, 0.2) is 0 Å². The summed E-state index contributed by atoms with van der Waals surface area (Å²) in [5.74, 6) is -0.473. The fraction of sp³-hybridized carbons (Fsp3) is 0.529. The predicted octanol–water partition coefficient (Wildman–Crippen LogP) is 1.73. The van der Waals surface area contributed by atoms with E-state index in [0.717, 1.165) is 5.69 Å². The highest BCUT2D eigenvalue weighted by molar-refractivity contribution is 5.97. The Morgan fingerprint density at radius 3 is 2.13 bits per heavy atom. The molecule has 0 aliphatic carbocycles. The van der Waals surface area contributed by atoms with Crippen molar-refractivity contribution >= 4 is 17.5 Å². The number of piperazine rings is 1. The predicted molar refractivity (Wildman–Crippen MR) is 87.7 cm³/mol. The number of carbonyl (C=O) groups is 2. The van der Waals surface area contributed by atoms with Gasteiger partial charge in [-0.25, -0.2) is 4.39 Å². The van der Waals surface area contributed by atoms with Crippen molar-refractivity contribution in [3.63, 3.8) is 0 Å². The lowest BCUT2D eigenvalue weighted by Crippen LogP contribution is -2.49. The minimum absolute atomic E-state index is 0.0573. The molecular weight excluding hydrogens is 297 g/mol. The molecule has 1 aliphatic rings. The molecule has 0 spiro atoms. The lowest BCUT2D eigenvalue weighted by atomic mass is 10.2. The van der Waals surface area contributed by atoms with Crippen LogP contribution >= 0.6 is 0 Å². The van der Waals surface area contributed by atoms with E-state index >= 15 is 0 Å². The maximum Gasteiger partial charge on any atom is 0.232 e. The zero-order chi connectivity index (χ0) is 16.8. The summed E-state index contributed by atoms with van der Waals surface area (Å²) in [5.41, 5.74) is 0.956. The van der Waals surface area contributed by atoms with Crippen molar-refractivity contribution in [2.75, 3.05) is 44.2 Å². The standard InChI is InChI=1S/C17H24FN3O2/c1-3-19(4-2)16(22)13-17(23)21-11-9-20(10-12-21)15-7-5-14(18)6-8-15/h5-8H,3-4,9-13H2,1-2H3. The van der Waals surface area contributed by atoms with Crippen molar-refractivity contribution < 1.29 is 14.0 Å². The molecular formula is C17H24FN3O2. The van der Waals surface area contributed by atoms with E-state index in [1.807, 2.05) is 13.8 Å². The van der Waals surface area contributed by atoms with Gasteiger partial charge in [0.25, 0.3) is 0 Å². The number of hydrogen-bond acceptors (Lipinski definition) is 3. The number of carbonyl (C=O) groups excluding carboxylic acids is 2. The third-order valence-corrected chi connectivity index (χ3v) is 4.24. The maximum atomic E-state index is 13.0. The van der Waals surface area contributed by atoms with Crippen molar-refractivity contribution in [3.05, 3.63) is 30.1 Å². The Morgan fingerprint density at radius 1 is 1.04 bits per heavy atom. The van der Waals surface area contributed by atoms with E-state index in [-0.39, 0.29) is 24.1 Å². The molecule has 0 N–H and O–H groups in total. The SMILES string of the molecule is CCN(CC)C(=O)CC(=O)N1CCN(c2ccc(F)cc2)CC1.